The van der Waals surface area contributed by atoms with Gasteiger partial charge < -0.3 is 4.74 Å². The van der Waals surface area contributed by atoms with Crippen molar-refractivity contribution >= 4 is 54.2 Å². The van der Waals surface area contributed by atoms with Crippen molar-refractivity contribution < 1.29 is 14.5 Å². The minimum atomic E-state index is -0.499. The molecule has 0 unspecified atom stereocenters. The van der Waals surface area contributed by atoms with E-state index in [1.165, 1.54) is 19.2 Å². The molecule has 3 aromatic rings. The largest absolute Gasteiger partial charge is 0.494 e. The zero-order chi connectivity index (χ0) is 17.3. The third kappa shape index (κ3) is 3.22. The van der Waals surface area contributed by atoms with Gasteiger partial charge in [0.05, 0.1) is 22.8 Å². The number of rotatable bonds is 4. The first kappa shape index (κ1) is 16.3. The number of nitro groups is 1. The van der Waals surface area contributed by atoms with Crippen molar-refractivity contribution in [1.82, 2.24) is 4.98 Å². The summed E-state index contributed by atoms with van der Waals surface area (Å²) in [6.45, 7) is 0. The first-order valence-electron chi connectivity index (χ1n) is 6.68. The van der Waals surface area contributed by atoms with Crippen molar-refractivity contribution in [1.29, 1.82) is 0 Å². The third-order valence-electron chi connectivity index (χ3n) is 3.18. The number of hydrogen-bond acceptors (Lipinski definition) is 6. The molecule has 0 bridgehead atoms. The first-order chi connectivity index (χ1) is 11.5. The second kappa shape index (κ2) is 6.54. The summed E-state index contributed by atoms with van der Waals surface area (Å²) in [5.41, 5.74) is 0.854. The van der Waals surface area contributed by atoms with Crippen LogP contribution in [0.4, 0.5) is 10.8 Å². The second-order valence-corrected chi connectivity index (χ2v) is 6.68. The van der Waals surface area contributed by atoms with Crippen LogP contribution in [0.3, 0.4) is 0 Å². The number of methoxy groups -OCH3 is 1. The number of carbonyl (C=O) groups excluding carboxylic acids is 1. The summed E-state index contributed by atoms with van der Waals surface area (Å²) >= 11 is 4.46. The van der Waals surface area contributed by atoms with Gasteiger partial charge in [-0.25, -0.2) is 4.98 Å². The van der Waals surface area contributed by atoms with Gasteiger partial charge in [-0.2, -0.15) is 0 Å². The van der Waals surface area contributed by atoms with Crippen molar-refractivity contribution in [2.45, 2.75) is 0 Å². The molecule has 0 aliphatic rings. The molecule has 0 saturated carbocycles. The highest BCUT2D eigenvalue weighted by atomic mass is 79.9. The van der Waals surface area contributed by atoms with Gasteiger partial charge in [0.15, 0.2) is 10.9 Å². The number of hydrogen-bond donors (Lipinski definition) is 1. The van der Waals surface area contributed by atoms with Crippen LogP contribution >= 0.6 is 27.3 Å². The number of amides is 1. The van der Waals surface area contributed by atoms with E-state index in [4.69, 9.17) is 4.74 Å². The number of nitro benzene ring substituents is 1. The van der Waals surface area contributed by atoms with Crippen molar-refractivity contribution in [3.05, 3.63) is 56.5 Å². The van der Waals surface area contributed by atoms with Crippen LogP contribution in [0, 0.1) is 10.1 Å². The summed E-state index contributed by atoms with van der Waals surface area (Å²) in [5.74, 6) is -0.0257. The average molecular weight is 408 g/mol. The van der Waals surface area contributed by atoms with E-state index in [1.54, 1.807) is 18.2 Å². The fourth-order valence-electron chi connectivity index (χ4n) is 2.10. The molecule has 0 atom stereocenters. The number of halogens is 1. The molecule has 0 fully saturated rings. The predicted octanol–water partition coefficient (Wildman–Crippen LogP) is 4.23. The second-order valence-electron chi connectivity index (χ2n) is 4.74. The number of thiazole rings is 1. The van der Waals surface area contributed by atoms with Crippen molar-refractivity contribution in [3.8, 4) is 5.75 Å². The number of benzene rings is 2. The maximum absolute atomic E-state index is 12.3. The minimum Gasteiger partial charge on any atom is -0.494 e. The highest BCUT2D eigenvalue weighted by molar-refractivity contribution is 9.10. The van der Waals surface area contributed by atoms with E-state index in [2.05, 4.69) is 26.2 Å². The highest BCUT2D eigenvalue weighted by Gasteiger charge is 2.17. The Morgan fingerprint density at radius 2 is 2.17 bits per heavy atom. The van der Waals surface area contributed by atoms with E-state index in [1.807, 2.05) is 6.07 Å². The number of carbonyl (C=O) groups is 1. The Balaban J connectivity index is 1.96. The zero-order valence-electron chi connectivity index (χ0n) is 12.3. The van der Waals surface area contributed by atoms with E-state index < -0.39 is 4.92 Å². The van der Waals surface area contributed by atoms with Gasteiger partial charge in [-0.05, 0) is 18.2 Å². The Morgan fingerprint density at radius 1 is 1.38 bits per heavy atom. The van der Waals surface area contributed by atoms with E-state index >= 15 is 0 Å². The quantitative estimate of drug-likeness (QED) is 0.515. The van der Waals surface area contributed by atoms with E-state index in [0.717, 1.165) is 15.8 Å². The zero-order valence-corrected chi connectivity index (χ0v) is 14.7. The van der Waals surface area contributed by atoms with Gasteiger partial charge in [0.25, 0.3) is 11.6 Å². The number of nitrogens with one attached hydrogen (secondary N) is 1. The Hall–Kier alpha value is -2.52. The van der Waals surface area contributed by atoms with Crippen molar-refractivity contribution in [2.24, 2.45) is 0 Å². The van der Waals surface area contributed by atoms with Crippen LogP contribution in [0.15, 0.2) is 40.9 Å². The van der Waals surface area contributed by atoms with E-state index in [-0.39, 0.29) is 11.6 Å². The molecule has 0 radical (unpaired) electrons. The van der Waals surface area contributed by atoms with Gasteiger partial charge in [-0.1, -0.05) is 33.3 Å². The molecule has 1 heterocycles. The summed E-state index contributed by atoms with van der Waals surface area (Å²) in [5, 5.41) is 14.0. The Bertz CT molecular complexity index is 957. The third-order valence-corrected chi connectivity index (χ3v) is 4.59. The maximum atomic E-state index is 12.3. The smallest absolute Gasteiger partial charge is 0.274 e. The lowest BCUT2D eigenvalue weighted by Gasteiger charge is -2.01. The van der Waals surface area contributed by atoms with Crippen LogP contribution < -0.4 is 10.1 Å². The number of anilines is 1. The maximum Gasteiger partial charge on any atom is 0.274 e. The summed E-state index contributed by atoms with van der Waals surface area (Å²) in [4.78, 5) is 27.0. The number of ether oxygens (including phenoxy) is 1. The summed E-state index contributed by atoms with van der Waals surface area (Å²) < 4.78 is 6.51. The molecular weight excluding hydrogens is 398 g/mol. The number of fused-ring (bicyclic) bond motifs is 1. The molecule has 1 amide bonds. The monoisotopic (exact) mass is 407 g/mol. The van der Waals surface area contributed by atoms with Gasteiger partial charge in [0.2, 0.25) is 0 Å². The van der Waals surface area contributed by atoms with Crippen molar-refractivity contribution in [3.63, 3.8) is 0 Å². The molecule has 24 heavy (non-hydrogen) atoms. The van der Waals surface area contributed by atoms with Crippen molar-refractivity contribution in [2.75, 3.05) is 12.4 Å². The molecular formula is C15H10BrN3O4S. The molecule has 0 aliphatic heterocycles. The lowest BCUT2D eigenvalue weighted by Crippen LogP contribution is -2.11. The standard InChI is InChI=1S/C15H10BrN3O4S/c1-23-11-6-10(19(21)22)7-12-13(11)17-15(24-12)18-14(20)8-3-2-4-9(16)5-8/h2-7H,1H3,(H,17,18,20). The molecule has 7 nitrogen and oxygen atoms in total. The van der Waals surface area contributed by atoms with E-state index in [9.17, 15) is 14.9 Å². The fourth-order valence-corrected chi connectivity index (χ4v) is 3.41. The lowest BCUT2D eigenvalue weighted by molar-refractivity contribution is -0.384. The Kier molecular flexibility index (Phi) is 4.45. The van der Waals surface area contributed by atoms with Crippen LogP contribution in [0.1, 0.15) is 10.4 Å². The fraction of sp³-hybridized carbons (Fsp3) is 0.0667. The number of non-ortho nitro benzene ring substituents is 1. The molecule has 9 heteroatoms. The normalized spacial score (nSPS) is 10.6. The average Bonchev–Trinajstić information content (AvgIpc) is 2.96. The van der Waals surface area contributed by atoms with Gasteiger partial charge in [-0.15, -0.1) is 0 Å². The topological polar surface area (TPSA) is 94.4 Å². The molecule has 0 aliphatic carbocycles. The predicted molar refractivity (Wildman–Crippen MR) is 94.9 cm³/mol. The highest BCUT2D eigenvalue weighted by Crippen LogP contribution is 2.36. The molecule has 3 rings (SSSR count). The summed E-state index contributed by atoms with van der Waals surface area (Å²) in [6.07, 6.45) is 0. The van der Waals surface area contributed by atoms with Crippen LogP contribution in [0.25, 0.3) is 10.2 Å². The van der Waals surface area contributed by atoms with Gasteiger partial charge >= 0.3 is 0 Å². The first-order valence-corrected chi connectivity index (χ1v) is 8.29. The molecule has 2 aromatic carbocycles. The Morgan fingerprint density at radius 3 is 2.83 bits per heavy atom. The van der Waals surface area contributed by atoms with Gasteiger partial charge in [0.1, 0.15) is 5.52 Å². The lowest BCUT2D eigenvalue weighted by atomic mass is 10.2. The molecule has 1 N–H and O–H groups in total. The SMILES string of the molecule is COc1cc([N+](=O)[O-])cc2sc(NC(=O)c3cccc(Br)c3)nc12. The summed E-state index contributed by atoms with van der Waals surface area (Å²) in [6, 6.07) is 9.65. The number of nitrogens with zero attached hydrogens (tertiary/aromatic N) is 2. The molecule has 122 valence electrons. The van der Waals surface area contributed by atoms with Crippen LogP contribution in [-0.4, -0.2) is 22.9 Å². The van der Waals surface area contributed by atoms with Crippen LogP contribution in [0.5, 0.6) is 5.75 Å². The molecule has 1 aromatic heterocycles. The number of aromatic nitrogens is 1. The summed E-state index contributed by atoms with van der Waals surface area (Å²) in [7, 11) is 1.41. The molecule has 0 saturated heterocycles. The Labute approximate surface area is 148 Å². The molecule has 0 spiro atoms. The minimum absolute atomic E-state index is 0.0899. The van der Waals surface area contributed by atoms with Gasteiger partial charge in [0, 0.05) is 16.1 Å². The van der Waals surface area contributed by atoms with Crippen LogP contribution in [-0.2, 0) is 0 Å². The van der Waals surface area contributed by atoms with E-state index in [0.29, 0.717) is 26.7 Å². The van der Waals surface area contributed by atoms with Gasteiger partial charge in [-0.3, -0.25) is 20.2 Å². The van der Waals surface area contributed by atoms with Crippen LogP contribution in [0.2, 0.25) is 0 Å².